The van der Waals surface area contributed by atoms with Gasteiger partial charge in [0.1, 0.15) is 55.9 Å². The van der Waals surface area contributed by atoms with Crippen LogP contribution >= 0.6 is 0 Å². The zero-order valence-corrected chi connectivity index (χ0v) is 81.3. The molecule has 1 saturated heterocycles. The first-order valence-electron chi connectivity index (χ1n) is 49.0. The third-order valence-corrected chi connectivity index (χ3v) is 25.9. The number of aliphatic hydroxyl groups excluding tert-OH is 1. The van der Waals surface area contributed by atoms with E-state index in [0.717, 1.165) is 86.5 Å². The van der Waals surface area contributed by atoms with Gasteiger partial charge in [-0.05, 0) is 150 Å². The van der Waals surface area contributed by atoms with Crippen molar-refractivity contribution in [3.63, 3.8) is 0 Å². The van der Waals surface area contributed by atoms with Gasteiger partial charge >= 0.3 is 12.1 Å². The number of likely N-dealkylation sites (N-methyl/N-ethyl adjacent to an activating group) is 1. The minimum Gasteiger partial charge on any atom is -0.445 e. The third-order valence-electron chi connectivity index (χ3n) is 25.9. The molecule has 4 fully saturated rings. The van der Waals surface area contributed by atoms with Gasteiger partial charge in [-0.3, -0.25) is 43.2 Å². The number of alkyl carbamates (subject to hydrolysis) is 1. The van der Waals surface area contributed by atoms with E-state index in [4.69, 9.17) is 72.8 Å². The molecule has 1 aliphatic heterocycles. The van der Waals surface area contributed by atoms with Gasteiger partial charge in [0.15, 0.2) is 23.5 Å². The van der Waals surface area contributed by atoms with E-state index in [1.807, 2.05) is 19.9 Å². The van der Waals surface area contributed by atoms with Crippen molar-refractivity contribution >= 4 is 70.7 Å². The van der Waals surface area contributed by atoms with E-state index in [-0.39, 0.29) is 145 Å². The van der Waals surface area contributed by atoms with Gasteiger partial charge in [-0.2, -0.15) is 5.11 Å². The number of rotatable bonds is 65. The molecule has 136 heavy (non-hydrogen) atoms. The quantitative estimate of drug-likeness (QED) is 0.0158. The van der Waals surface area contributed by atoms with E-state index >= 15 is 0 Å². The number of quaternary nitrogens is 1. The Labute approximate surface area is 801 Å². The normalized spacial score (nSPS) is 24.1. The molecule has 1 heterocycles. The summed E-state index contributed by atoms with van der Waals surface area (Å²) in [5.41, 5.74) is 13.7. The number of ether oxygens (including phenoxy) is 13. The SMILES string of the molecule is CCCC1O[C@@H]2CC3[C@@H]4CCC5=CC(=O)C=C[C@]5(C)C4[C@@H](O)C[C@]3(C)[C@]2(C(=O)CNC(=O)OCc2ccc(NC(=O)[C@H](CCCNC(N)=O)NC(=O)[C@@H](NC(=O)[C@@H](CCCCNC(=O)COC3CCCCC/C(NCCOCCOCCOCCOCCC(=O)NCC[N+](C)(C)C)=C\3N=N)NC(=O)CCOCCOCCOCCOCCNC(=O)COC3C#CCCCCC3)C(C)C)cc2)O1. The molecule has 10 amide bonds. The second-order valence-corrected chi connectivity index (χ2v) is 37.5. The molecule has 7 aliphatic rings. The number of unbranched alkanes of at least 4 members (excludes halogenated alkanes) is 1. The number of urea groups is 1. The zero-order valence-electron chi connectivity index (χ0n) is 81.3. The topological polar surface area (TPSA) is 511 Å². The van der Waals surface area contributed by atoms with Crippen LogP contribution in [0.5, 0.6) is 0 Å². The van der Waals surface area contributed by atoms with Crippen LogP contribution in [-0.2, 0) is 111 Å². The number of hydrogen-bond acceptors (Lipinski definition) is 28. The Balaban J connectivity index is 0.790. The van der Waals surface area contributed by atoms with Gasteiger partial charge in [0, 0.05) is 73.6 Å². The number of nitrogens with one attached hydrogen (secondary N) is 11. The second-order valence-electron chi connectivity index (χ2n) is 37.5. The lowest BCUT2D eigenvalue weighted by Gasteiger charge is -2.59. The molecule has 1 aromatic rings. The summed E-state index contributed by atoms with van der Waals surface area (Å²) in [5, 5.41) is 44.4. The summed E-state index contributed by atoms with van der Waals surface area (Å²) < 4.78 is 76.6. The highest BCUT2D eigenvalue weighted by molar-refractivity contribution is 6.01. The van der Waals surface area contributed by atoms with Gasteiger partial charge in [-0.1, -0.05) is 90.0 Å². The smallest absolute Gasteiger partial charge is 0.407 e. The molecule has 0 spiro atoms. The molecular formula is C97H155N14O25+. The molecule has 0 aromatic heterocycles. The van der Waals surface area contributed by atoms with Crippen molar-refractivity contribution in [2.75, 3.05) is 191 Å². The van der Waals surface area contributed by atoms with Crippen LogP contribution in [0.25, 0.3) is 0 Å². The Morgan fingerprint density at radius 2 is 1.24 bits per heavy atom. The molecule has 0 bridgehead atoms. The number of hydrogen-bond donors (Lipinski definition) is 13. The lowest BCUT2D eigenvalue weighted by atomic mass is 9.46. The highest BCUT2D eigenvalue weighted by atomic mass is 16.7. The molecule has 14 N–H and O–H groups in total. The van der Waals surface area contributed by atoms with Crippen molar-refractivity contribution < 1.29 is 124 Å². The molecule has 3 saturated carbocycles. The number of benzene rings is 1. The summed E-state index contributed by atoms with van der Waals surface area (Å²) in [7, 11) is 6.21. The van der Waals surface area contributed by atoms with Gasteiger partial charge in [0.2, 0.25) is 41.4 Å². The zero-order chi connectivity index (χ0) is 98.1. The third kappa shape index (κ3) is 37.6. The highest BCUT2D eigenvalue weighted by Gasteiger charge is 2.76. The Kier molecular flexibility index (Phi) is 49.6. The van der Waals surface area contributed by atoms with Crippen LogP contribution in [0.4, 0.5) is 15.3 Å². The van der Waals surface area contributed by atoms with Crippen LogP contribution in [-0.4, -0.2) is 315 Å². The van der Waals surface area contributed by atoms with Gasteiger partial charge < -0.3 is 130 Å². The lowest BCUT2D eigenvalue weighted by Crippen LogP contribution is -2.64. The number of allylic oxidation sites excluding steroid dienone is 5. The van der Waals surface area contributed by atoms with Crippen LogP contribution in [0.15, 0.2) is 64.6 Å². The molecular weight excluding hydrogens is 1760 g/mol. The van der Waals surface area contributed by atoms with Crippen LogP contribution in [0.1, 0.15) is 188 Å². The summed E-state index contributed by atoms with van der Waals surface area (Å²) >= 11 is 0. The van der Waals surface area contributed by atoms with E-state index in [9.17, 15) is 57.8 Å². The standard InChI is InChI=1S/C97H154N14O25/c1-9-21-86-135-81-61-74-73-33-30-69-60-71(112)34-37-95(69,4)87(73)78(113)62-96(74,5)97(81,136-86)80(114)63-105-94(123)134-64-68-28-31-70(32-29-68)106-90(119)77(26-20-39-104-93(98)122)108-92(121)88(67(2)3)109-91(120)76(107-83(116)36-45-125-49-53-129-57-59-131-55-51-127-47-42-103-84(117)65-132-72-22-14-11-10-12-15-23-72)25-18-19-38-101-85(118)66-133-79-27-17-13-16-24-75(89(79)110-99)100-41-46-126-50-54-130-58-56-128-52-48-124-44-35-82(115)102-40-43-111(6,7)8/h28-29,31-32,34,37,60,67,72-74,76-79,81,86-88,113H,9-14,16-22,24-27,30,33,35-36,38-59,61-66H2,1-8H3,(H12-,98,99,100,101,102,103,104,105,106,107,108,109,115,116,117,118,119,120,121,122,123)/p+1/t72?,73-,74?,76+,77-,78-,79?,81+,86?,87?,88-,95-,96-,97+/m0/s1. The average molecular weight is 1920 g/mol. The number of Topliss-reactive ketones (excluding diaryl/α,β-unsaturated/α-hetero) is 1. The number of fused-ring (bicyclic) bond motifs is 7. The first-order chi connectivity index (χ1) is 65.5. The van der Waals surface area contributed by atoms with Crippen molar-refractivity contribution in [2.24, 2.45) is 45.3 Å². The maximum atomic E-state index is 14.9. The molecule has 8 rings (SSSR count). The molecule has 0 radical (unpaired) electrons. The summed E-state index contributed by atoms with van der Waals surface area (Å²) in [6.07, 6.45) is 14.6. The first-order valence-corrected chi connectivity index (χ1v) is 49.0. The van der Waals surface area contributed by atoms with Crippen LogP contribution in [0.3, 0.4) is 0 Å². The second kappa shape index (κ2) is 60.1. The van der Waals surface area contributed by atoms with Crippen LogP contribution in [0.2, 0.25) is 0 Å². The van der Waals surface area contributed by atoms with E-state index in [1.165, 1.54) is 0 Å². The highest BCUT2D eigenvalue weighted by Crippen LogP contribution is 2.70. The largest absolute Gasteiger partial charge is 0.445 e. The number of anilines is 1. The van der Waals surface area contributed by atoms with E-state index in [0.29, 0.717) is 161 Å². The minimum atomic E-state index is -1.46. The molecule has 39 nitrogen and oxygen atoms in total. The number of carbonyl (C=O) groups excluding carboxylic acids is 11. The summed E-state index contributed by atoms with van der Waals surface area (Å²) in [5.74, 6) is 1.63. The fraction of sp³-hybridized carbons (Fsp3) is 0.742. The summed E-state index contributed by atoms with van der Waals surface area (Å²) in [6, 6.07) is 1.88. The molecule has 762 valence electrons. The van der Waals surface area contributed by atoms with Crippen molar-refractivity contribution in [1.29, 1.82) is 5.53 Å². The number of nitrogens with two attached hydrogens (primary N) is 1. The first kappa shape index (κ1) is 112. The number of carbonyl (C=O) groups is 11. The van der Waals surface area contributed by atoms with E-state index in [2.05, 4.69) is 98.2 Å². The van der Waals surface area contributed by atoms with Crippen molar-refractivity contribution in [2.45, 2.75) is 243 Å². The number of primary amides is 1. The maximum Gasteiger partial charge on any atom is 0.407 e. The van der Waals surface area contributed by atoms with Crippen molar-refractivity contribution in [1.82, 2.24) is 47.9 Å². The van der Waals surface area contributed by atoms with E-state index in [1.54, 1.807) is 50.3 Å². The van der Waals surface area contributed by atoms with Gasteiger partial charge in [-0.25, -0.2) is 15.1 Å². The Bertz CT molecular complexity index is 4120. The molecule has 6 aliphatic carbocycles. The lowest BCUT2D eigenvalue weighted by molar-refractivity contribution is -0.869. The Hall–Kier alpha value is -8.99. The van der Waals surface area contributed by atoms with Crippen LogP contribution in [0, 0.1) is 51.9 Å². The van der Waals surface area contributed by atoms with Gasteiger partial charge in [0.05, 0.1) is 159 Å². The molecule has 14 atom stereocenters. The predicted molar refractivity (Wildman–Crippen MR) is 502 cm³/mol. The maximum absolute atomic E-state index is 14.9. The van der Waals surface area contributed by atoms with Gasteiger partial charge in [-0.15, -0.1) is 5.92 Å². The molecule has 39 heteroatoms. The molecule has 5 unspecified atom stereocenters. The van der Waals surface area contributed by atoms with Crippen LogP contribution < -0.4 is 58.9 Å². The summed E-state index contributed by atoms with van der Waals surface area (Å²) in [4.78, 5) is 147. The van der Waals surface area contributed by atoms with E-state index < -0.39 is 113 Å². The average Bonchev–Trinajstić information content (AvgIpc) is 1.50. The number of aliphatic hydroxyl groups is 1. The van der Waals surface area contributed by atoms with Crippen molar-refractivity contribution in [3.05, 3.63) is 65.0 Å². The fourth-order valence-electron chi connectivity index (χ4n) is 18.8. The Morgan fingerprint density at radius 3 is 1.90 bits per heavy atom. The van der Waals surface area contributed by atoms with Crippen molar-refractivity contribution in [3.8, 4) is 11.8 Å². The minimum absolute atomic E-state index is 0.00233. The number of ketones is 2. The summed E-state index contributed by atoms with van der Waals surface area (Å²) in [6.45, 7) is 15.6. The number of nitrogens with zero attached hydrogens (tertiary/aromatic N) is 2. The monoisotopic (exact) mass is 1920 g/mol. The number of amides is 10. The Morgan fingerprint density at radius 1 is 0.640 bits per heavy atom. The fourth-order valence-corrected chi connectivity index (χ4v) is 18.8. The molecule has 1 aromatic carbocycles. The predicted octanol–water partition coefficient (Wildman–Crippen LogP) is 5.82. The van der Waals surface area contributed by atoms with Gasteiger partial charge in [0.25, 0.3) is 0 Å².